The Labute approximate surface area is 197 Å². The second-order valence-electron chi connectivity index (χ2n) is 7.64. The summed E-state index contributed by atoms with van der Waals surface area (Å²) in [7, 11) is 1.69. The summed E-state index contributed by atoms with van der Waals surface area (Å²) in [4.78, 5) is 10.6. The monoisotopic (exact) mass is 456 g/mol. The van der Waals surface area contributed by atoms with E-state index >= 15 is 0 Å². The molecule has 0 N–H and O–H groups in total. The van der Waals surface area contributed by atoms with Crippen LogP contribution in [-0.2, 0) is 13.0 Å². The number of ether oxygens (including phenoxy) is 3. The van der Waals surface area contributed by atoms with E-state index in [-0.39, 0.29) is 0 Å². The molecule has 6 heteroatoms. The third-order valence-corrected chi connectivity index (χ3v) is 6.40. The van der Waals surface area contributed by atoms with Gasteiger partial charge in [0.15, 0.2) is 11.5 Å². The van der Waals surface area contributed by atoms with Crippen molar-refractivity contribution < 1.29 is 14.2 Å². The fourth-order valence-electron chi connectivity index (χ4n) is 3.83. The van der Waals surface area contributed by atoms with Crippen LogP contribution in [0.25, 0.3) is 11.3 Å². The summed E-state index contributed by atoms with van der Waals surface area (Å²) in [5.74, 6) is 2.31. The fraction of sp³-hybridized carbons (Fsp3) is 0.185. The second kappa shape index (κ2) is 9.46. The molecule has 0 radical (unpaired) electrons. The molecule has 3 aromatic carbocycles. The van der Waals surface area contributed by atoms with Gasteiger partial charge in [0.1, 0.15) is 12.4 Å². The highest BCUT2D eigenvalue weighted by molar-refractivity contribution is 7.15. The van der Waals surface area contributed by atoms with Crippen LogP contribution < -0.4 is 14.2 Å². The Morgan fingerprint density at radius 3 is 2.70 bits per heavy atom. The molecule has 0 amide bonds. The van der Waals surface area contributed by atoms with Crippen LogP contribution in [0.4, 0.5) is 5.13 Å². The molecular formula is C27H24N2O3S. The molecular weight excluding hydrogens is 432 g/mol. The Bertz CT molecular complexity index is 1300. The summed E-state index contributed by atoms with van der Waals surface area (Å²) in [6.45, 7) is 3.02. The first-order chi connectivity index (χ1) is 16.2. The third-order valence-electron chi connectivity index (χ3n) is 5.43. The average Bonchev–Trinajstić information content (AvgIpc) is 3.40. The van der Waals surface area contributed by atoms with Gasteiger partial charge in [-0.05, 0) is 60.0 Å². The molecule has 0 unspecified atom stereocenters. The molecule has 5 rings (SSSR count). The molecule has 0 saturated heterocycles. The molecule has 0 fully saturated rings. The van der Waals surface area contributed by atoms with Gasteiger partial charge in [-0.1, -0.05) is 41.7 Å². The van der Waals surface area contributed by atoms with Gasteiger partial charge in [0.05, 0.1) is 19.4 Å². The van der Waals surface area contributed by atoms with Gasteiger partial charge in [-0.25, -0.2) is 9.98 Å². The van der Waals surface area contributed by atoms with E-state index in [0.29, 0.717) is 19.0 Å². The van der Waals surface area contributed by atoms with Crippen molar-refractivity contribution in [2.75, 3.05) is 13.7 Å². The first-order valence-corrected chi connectivity index (χ1v) is 11.7. The van der Waals surface area contributed by atoms with Crippen molar-refractivity contribution in [3.05, 3.63) is 88.3 Å². The van der Waals surface area contributed by atoms with E-state index in [4.69, 9.17) is 19.2 Å². The highest BCUT2D eigenvalue weighted by Crippen LogP contribution is 2.43. The number of rotatable bonds is 8. The van der Waals surface area contributed by atoms with E-state index in [1.807, 2.05) is 67.7 Å². The SMILES string of the molecule is CCOc1cc(C=Nc2nc3c(s2)Cc2cc(OC)ccc2-3)ccc1OCc1ccccc1. The molecule has 4 aromatic rings. The summed E-state index contributed by atoms with van der Waals surface area (Å²) in [6.07, 6.45) is 2.70. The van der Waals surface area contributed by atoms with Gasteiger partial charge in [0.25, 0.3) is 0 Å². The van der Waals surface area contributed by atoms with Crippen molar-refractivity contribution in [1.29, 1.82) is 0 Å². The largest absolute Gasteiger partial charge is 0.497 e. The summed E-state index contributed by atoms with van der Waals surface area (Å²) >= 11 is 1.63. The molecule has 0 spiro atoms. The summed E-state index contributed by atoms with van der Waals surface area (Å²) in [5.41, 5.74) is 5.51. The van der Waals surface area contributed by atoms with Crippen molar-refractivity contribution in [3.8, 4) is 28.5 Å². The van der Waals surface area contributed by atoms with E-state index in [9.17, 15) is 0 Å². The number of benzene rings is 3. The zero-order valence-corrected chi connectivity index (χ0v) is 19.4. The highest BCUT2D eigenvalue weighted by atomic mass is 32.1. The molecule has 1 aliphatic carbocycles. The normalized spacial score (nSPS) is 11.9. The van der Waals surface area contributed by atoms with Crippen LogP contribution >= 0.6 is 11.3 Å². The fourth-order valence-corrected chi connectivity index (χ4v) is 4.77. The maximum Gasteiger partial charge on any atom is 0.209 e. The van der Waals surface area contributed by atoms with E-state index in [0.717, 1.165) is 39.9 Å². The summed E-state index contributed by atoms with van der Waals surface area (Å²) < 4.78 is 17.2. The van der Waals surface area contributed by atoms with Crippen LogP contribution in [-0.4, -0.2) is 24.9 Å². The minimum Gasteiger partial charge on any atom is -0.497 e. The van der Waals surface area contributed by atoms with Gasteiger partial charge in [0.2, 0.25) is 5.13 Å². The quantitative estimate of drug-likeness (QED) is 0.252. The Kier molecular flexibility index (Phi) is 6.09. The average molecular weight is 457 g/mol. The number of nitrogens with zero attached hydrogens (tertiary/aromatic N) is 2. The Morgan fingerprint density at radius 1 is 1.00 bits per heavy atom. The molecule has 0 bridgehead atoms. The van der Waals surface area contributed by atoms with E-state index in [1.165, 1.54) is 16.0 Å². The lowest BCUT2D eigenvalue weighted by Gasteiger charge is -2.12. The molecule has 1 heterocycles. The van der Waals surface area contributed by atoms with Gasteiger partial charge in [-0.3, -0.25) is 0 Å². The lowest BCUT2D eigenvalue weighted by Crippen LogP contribution is -2.00. The van der Waals surface area contributed by atoms with E-state index in [1.54, 1.807) is 18.4 Å². The van der Waals surface area contributed by atoms with Crippen LogP contribution in [0.15, 0.2) is 71.7 Å². The predicted octanol–water partition coefficient (Wildman–Crippen LogP) is 6.45. The maximum absolute atomic E-state index is 6.00. The smallest absolute Gasteiger partial charge is 0.209 e. The van der Waals surface area contributed by atoms with Crippen molar-refractivity contribution in [1.82, 2.24) is 4.98 Å². The number of methoxy groups -OCH3 is 1. The summed E-state index contributed by atoms with van der Waals surface area (Å²) in [5, 5.41) is 0.754. The Hall–Kier alpha value is -3.64. The molecule has 0 saturated carbocycles. The van der Waals surface area contributed by atoms with Gasteiger partial charge in [-0.15, -0.1) is 0 Å². The van der Waals surface area contributed by atoms with Gasteiger partial charge >= 0.3 is 0 Å². The molecule has 5 nitrogen and oxygen atoms in total. The zero-order chi connectivity index (χ0) is 22.6. The first-order valence-electron chi connectivity index (χ1n) is 10.9. The van der Waals surface area contributed by atoms with Crippen LogP contribution in [0.5, 0.6) is 17.2 Å². The molecule has 1 aliphatic rings. The second-order valence-corrected chi connectivity index (χ2v) is 8.70. The number of thiazole rings is 1. The van der Waals surface area contributed by atoms with Crippen LogP contribution in [0.1, 0.15) is 28.5 Å². The Morgan fingerprint density at radius 2 is 1.88 bits per heavy atom. The third kappa shape index (κ3) is 4.61. The number of aromatic nitrogens is 1. The standard InChI is InChI=1S/C27H24N2O3S/c1-3-31-24-13-19(9-12-23(24)32-17-18-7-5-4-6-8-18)16-28-27-29-26-22-11-10-21(30-2)14-20(22)15-25(26)33-27/h4-14,16H,3,15,17H2,1-2H3. The van der Waals surface area contributed by atoms with Crippen molar-refractivity contribution in [2.45, 2.75) is 20.0 Å². The summed E-state index contributed by atoms with van der Waals surface area (Å²) in [6, 6.07) is 22.1. The number of hydrogen-bond acceptors (Lipinski definition) is 6. The number of fused-ring (bicyclic) bond motifs is 3. The number of aliphatic imine (C=N–C) groups is 1. The lowest BCUT2D eigenvalue weighted by molar-refractivity contribution is 0.269. The van der Waals surface area contributed by atoms with Gasteiger partial charge in [-0.2, -0.15) is 0 Å². The first kappa shape index (κ1) is 21.2. The molecule has 1 aromatic heterocycles. The van der Waals surface area contributed by atoms with Crippen LogP contribution in [0.2, 0.25) is 0 Å². The molecule has 33 heavy (non-hydrogen) atoms. The molecule has 166 valence electrons. The topological polar surface area (TPSA) is 52.9 Å². The van der Waals surface area contributed by atoms with Crippen LogP contribution in [0.3, 0.4) is 0 Å². The van der Waals surface area contributed by atoms with Crippen molar-refractivity contribution >= 4 is 22.7 Å². The lowest BCUT2D eigenvalue weighted by atomic mass is 10.1. The Balaban J connectivity index is 1.32. The predicted molar refractivity (Wildman–Crippen MR) is 133 cm³/mol. The van der Waals surface area contributed by atoms with E-state index < -0.39 is 0 Å². The van der Waals surface area contributed by atoms with Gasteiger partial charge < -0.3 is 14.2 Å². The molecule has 0 aliphatic heterocycles. The van der Waals surface area contributed by atoms with E-state index in [2.05, 4.69) is 17.1 Å². The zero-order valence-electron chi connectivity index (χ0n) is 18.6. The number of hydrogen-bond donors (Lipinski definition) is 0. The minimum atomic E-state index is 0.492. The van der Waals surface area contributed by atoms with Crippen molar-refractivity contribution in [2.24, 2.45) is 4.99 Å². The highest BCUT2D eigenvalue weighted by Gasteiger charge is 2.23. The van der Waals surface area contributed by atoms with Crippen molar-refractivity contribution in [3.63, 3.8) is 0 Å². The van der Waals surface area contributed by atoms with Crippen LogP contribution in [0, 0.1) is 0 Å². The minimum absolute atomic E-state index is 0.492. The molecule has 0 atom stereocenters. The maximum atomic E-state index is 6.00. The van der Waals surface area contributed by atoms with Gasteiger partial charge in [0, 0.05) is 23.1 Å².